The molecule has 0 unspecified atom stereocenters. The SMILES string of the molecule is C=CCOC(=O)c1ccc2c(c1C)CC[C@@H]2NC(=O)c1cc(C(=O)NCc2ccc(F)c(Cl)c2)nc2nncn12. The summed E-state index contributed by atoms with van der Waals surface area (Å²) in [4.78, 5) is 42.9. The van der Waals surface area contributed by atoms with Crippen LogP contribution >= 0.6 is 11.6 Å². The van der Waals surface area contributed by atoms with Crippen molar-refractivity contribution in [1.82, 2.24) is 30.2 Å². The molecule has 0 spiro atoms. The molecule has 5 rings (SSSR count). The molecule has 2 aromatic heterocycles. The van der Waals surface area contributed by atoms with Crippen molar-refractivity contribution in [2.75, 3.05) is 6.61 Å². The monoisotopic (exact) mass is 562 g/mol. The molecular formula is C28H24ClFN6O4. The Bertz CT molecular complexity index is 1670. The van der Waals surface area contributed by atoms with E-state index in [4.69, 9.17) is 16.3 Å². The zero-order valence-electron chi connectivity index (χ0n) is 21.4. The Hall–Kier alpha value is -4.64. The van der Waals surface area contributed by atoms with E-state index in [0.29, 0.717) is 24.0 Å². The molecule has 1 atom stereocenters. The van der Waals surface area contributed by atoms with Crippen LogP contribution in [0.3, 0.4) is 0 Å². The van der Waals surface area contributed by atoms with Gasteiger partial charge in [-0.05, 0) is 66.3 Å². The molecule has 0 saturated carbocycles. The maximum atomic E-state index is 13.4. The predicted octanol–water partition coefficient (Wildman–Crippen LogP) is 3.92. The molecule has 12 heteroatoms. The third kappa shape index (κ3) is 5.28. The van der Waals surface area contributed by atoms with Crippen LogP contribution in [0, 0.1) is 12.7 Å². The number of carbonyl (C=O) groups excluding carboxylic acids is 3. The lowest BCUT2D eigenvalue weighted by atomic mass is 9.98. The Labute approximate surface area is 233 Å². The van der Waals surface area contributed by atoms with E-state index in [2.05, 4.69) is 32.4 Å². The number of nitrogens with one attached hydrogen (secondary N) is 2. The highest BCUT2D eigenvalue weighted by atomic mass is 35.5. The normalized spacial score (nSPS) is 14.0. The van der Waals surface area contributed by atoms with Crippen molar-refractivity contribution in [3.05, 3.63) is 105 Å². The number of amides is 2. The van der Waals surface area contributed by atoms with Gasteiger partial charge in [-0.2, -0.15) is 0 Å². The number of nitrogens with zero attached hydrogens (tertiary/aromatic N) is 4. The third-order valence-electron chi connectivity index (χ3n) is 6.74. The molecule has 1 aliphatic carbocycles. The Morgan fingerprint density at radius 2 is 2.05 bits per heavy atom. The topological polar surface area (TPSA) is 128 Å². The van der Waals surface area contributed by atoms with Gasteiger partial charge in [0, 0.05) is 6.54 Å². The lowest BCUT2D eigenvalue weighted by Crippen LogP contribution is -2.30. The minimum atomic E-state index is -0.558. The molecule has 2 aromatic carbocycles. The summed E-state index contributed by atoms with van der Waals surface area (Å²) in [5.74, 6) is -1.91. The standard InChI is InChI=1S/C28H24ClFN6O4/c1-3-10-40-27(39)18-5-6-19-17(15(18)2)7-9-22(19)33-26(38)24-12-23(34-28-35-32-14-36(24)28)25(37)31-13-16-4-8-21(30)20(29)11-16/h3-6,8,11-12,14,22H,1,7,9-10,13H2,2H3,(H,31,37)(H,33,38)/t22-/m0/s1. The minimum Gasteiger partial charge on any atom is -0.458 e. The van der Waals surface area contributed by atoms with Gasteiger partial charge in [0.25, 0.3) is 17.6 Å². The number of carbonyl (C=O) groups is 3. The lowest BCUT2D eigenvalue weighted by Gasteiger charge is -2.16. The molecular weight excluding hydrogens is 539 g/mol. The second-order valence-corrected chi connectivity index (χ2v) is 9.62. The van der Waals surface area contributed by atoms with Crippen LogP contribution in [-0.4, -0.2) is 44.0 Å². The van der Waals surface area contributed by atoms with Crippen molar-refractivity contribution in [3.63, 3.8) is 0 Å². The number of halogens is 2. The number of esters is 1. The highest BCUT2D eigenvalue weighted by Gasteiger charge is 2.29. The van der Waals surface area contributed by atoms with Crippen LogP contribution < -0.4 is 10.6 Å². The summed E-state index contributed by atoms with van der Waals surface area (Å²) >= 11 is 5.82. The molecule has 2 N–H and O–H groups in total. The van der Waals surface area contributed by atoms with Crippen molar-refractivity contribution in [2.24, 2.45) is 0 Å². The summed E-state index contributed by atoms with van der Waals surface area (Å²) in [5, 5.41) is 13.4. The lowest BCUT2D eigenvalue weighted by molar-refractivity contribution is 0.0548. The molecule has 204 valence electrons. The van der Waals surface area contributed by atoms with Gasteiger partial charge >= 0.3 is 5.97 Å². The molecule has 4 aromatic rings. The predicted molar refractivity (Wildman–Crippen MR) is 144 cm³/mol. The zero-order valence-corrected chi connectivity index (χ0v) is 22.2. The third-order valence-corrected chi connectivity index (χ3v) is 7.03. The molecule has 0 radical (unpaired) electrons. The van der Waals surface area contributed by atoms with Gasteiger partial charge in [0.2, 0.25) is 0 Å². The smallest absolute Gasteiger partial charge is 0.338 e. The average Bonchev–Trinajstić information content (AvgIpc) is 3.59. The first-order chi connectivity index (χ1) is 19.3. The van der Waals surface area contributed by atoms with E-state index in [-0.39, 0.29) is 41.4 Å². The van der Waals surface area contributed by atoms with Crippen LogP contribution in [0.15, 0.2) is 55.4 Å². The minimum absolute atomic E-state index is 0.0378. The van der Waals surface area contributed by atoms with Gasteiger partial charge in [-0.15, -0.1) is 10.2 Å². The van der Waals surface area contributed by atoms with Gasteiger partial charge in [-0.1, -0.05) is 36.4 Å². The number of benzene rings is 2. The van der Waals surface area contributed by atoms with E-state index < -0.39 is 23.6 Å². The molecule has 0 saturated heterocycles. The van der Waals surface area contributed by atoms with Crippen molar-refractivity contribution >= 4 is 35.2 Å². The van der Waals surface area contributed by atoms with Crippen LogP contribution in [0.25, 0.3) is 5.78 Å². The van der Waals surface area contributed by atoms with Crippen molar-refractivity contribution in [3.8, 4) is 0 Å². The van der Waals surface area contributed by atoms with Crippen LogP contribution in [0.1, 0.15) is 66.1 Å². The number of rotatable bonds is 8. The maximum Gasteiger partial charge on any atom is 0.338 e. The summed E-state index contributed by atoms with van der Waals surface area (Å²) in [7, 11) is 0. The van der Waals surface area contributed by atoms with E-state index in [9.17, 15) is 18.8 Å². The van der Waals surface area contributed by atoms with E-state index in [1.165, 1.54) is 41.1 Å². The Morgan fingerprint density at radius 1 is 1.23 bits per heavy atom. The maximum absolute atomic E-state index is 13.4. The highest BCUT2D eigenvalue weighted by Crippen LogP contribution is 2.35. The molecule has 0 fully saturated rings. The second kappa shape index (κ2) is 11.2. The van der Waals surface area contributed by atoms with E-state index in [1.54, 1.807) is 6.07 Å². The largest absolute Gasteiger partial charge is 0.458 e. The molecule has 1 aliphatic rings. The first-order valence-corrected chi connectivity index (χ1v) is 12.8. The van der Waals surface area contributed by atoms with Gasteiger partial charge in [0.05, 0.1) is 16.6 Å². The van der Waals surface area contributed by atoms with Crippen LogP contribution in [0.2, 0.25) is 5.02 Å². The fraction of sp³-hybridized carbons (Fsp3) is 0.214. The Kier molecular flexibility index (Phi) is 7.56. The molecule has 0 aliphatic heterocycles. The fourth-order valence-electron chi connectivity index (χ4n) is 4.72. The van der Waals surface area contributed by atoms with Crippen LogP contribution in [-0.2, 0) is 17.7 Å². The summed E-state index contributed by atoms with van der Waals surface area (Å²) < 4.78 is 20.0. The van der Waals surface area contributed by atoms with E-state index in [0.717, 1.165) is 16.7 Å². The molecule has 40 heavy (non-hydrogen) atoms. The number of fused-ring (bicyclic) bond motifs is 2. The first kappa shape index (κ1) is 26.9. The number of ether oxygens (including phenoxy) is 1. The Morgan fingerprint density at radius 3 is 2.83 bits per heavy atom. The van der Waals surface area contributed by atoms with Crippen molar-refractivity contribution in [1.29, 1.82) is 0 Å². The second-order valence-electron chi connectivity index (χ2n) is 9.22. The number of aromatic nitrogens is 4. The Balaban J connectivity index is 1.35. The van der Waals surface area contributed by atoms with Gasteiger partial charge in [-0.3, -0.25) is 14.0 Å². The summed E-state index contributed by atoms with van der Waals surface area (Å²) in [6, 6.07) is 8.71. The van der Waals surface area contributed by atoms with Gasteiger partial charge < -0.3 is 15.4 Å². The van der Waals surface area contributed by atoms with Gasteiger partial charge in [0.1, 0.15) is 30.1 Å². The summed E-state index contributed by atoms with van der Waals surface area (Å²) in [6.07, 6.45) is 4.16. The van der Waals surface area contributed by atoms with Crippen molar-refractivity contribution < 1.29 is 23.5 Å². The van der Waals surface area contributed by atoms with Gasteiger partial charge in [-0.25, -0.2) is 14.2 Å². The van der Waals surface area contributed by atoms with Gasteiger partial charge in [0.15, 0.2) is 0 Å². The van der Waals surface area contributed by atoms with Crippen molar-refractivity contribution in [2.45, 2.75) is 32.4 Å². The molecule has 2 heterocycles. The first-order valence-electron chi connectivity index (χ1n) is 12.4. The zero-order chi connectivity index (χ0) is 28.4. The van der Waals surface area contributed by atoms with E-state index in [1.807, 2.05) is 13.0 Å². The summed E-state index contributed by atoms with van der Waals surface area (Å²) in [5.41, 5.74) is 3.87. The number of hydrogen-bond acceptors (Lipinski definition) is 7. The number of hydrogen-bond donors (Lipinski definition) is 2. The average molecular weight is 563 g/mol. The summed E-state index contributed by atoms with van der Waals surface area (Å²) in [6.45, 7) is 5.61. The fourth-order valence-corrected chi connectivity index (χ4v) is 4.93. The van der Waals surface area contributed by atoms with Crippen LogP contribution in [0.4, 0.5) is 4.39 Å². The highest BCUT2D eigenvalue weighted by molar-refractivity contribution is 6.30. The molecule has 2 amide bonds. The quantitative estimate of drug-likeness (QED) is 0.246. The molecule has 10 nitrogen and oxygen atoms in total. The van der Waals surface area contributed by atoms with E-state index >= 15 is 0 Å². The van der Waals surface area contributed by atoms with Crippen LogP contribution in [0.5, 0.6) is 0 Å². The molecule has 0 bridgehead atoms.